The third-order valence-corrected chi connectivity index (χ3v) is 6.17. The van der Waals surface area contributed by atoms with Crippen LogP contribution in [-0.4, -0.2) is 47.3 Å². The first-order valence-electron chi connectivity index (χ1n) is 10.2. The molecule has 6 heteroatoms. The Morgan fingerprint density at radius 3 is 2.72 bits per heavy atom. The number of β-amino-alcohol motifs (C(OH)–C–C–N with tert-alkyl or cyclic N) is 1. The van der Waals surface area contributed by atoms with Crippen LogP contribution < -0.4 is 5.32 Å². The van der Waals surface area contributed by atoms with Crippen LogP contribution in [0.4, 0.5) is 4.79 Å². The maximum Gasteiger partial charge on any atom is 0.407 e. The van der Waals surface area contributed by atoms with E-state index in [0.29, 0.717) is 25.5 Å². The van der Waals surface area contributed by atoms with Crippen LogP contribution in [0.2, 0.25) is 0 Å². The first kappa shape index (κ1) is 21.7. The highest BCUT2D eigenvalue weighted by Crippen LogP contribution is 2.32. The number of nitrogens with zero attached hydrogens (tertiary/aromatic N) is 1. The minimum Gasteiger partial charge on any atom is -0.450 e. The molecule has 5 nitrogen and oxygen atoms in total. The minimum absolute atomic E-state index is 0.302. The van der Waals surface area contributed by atoms with E-state index in [1.165, 1.54) is 10.5 Å². The molecule has 0 unspecified atom stereocenters. The van der Waals surface area contributed by atoms with Crippen LogP contribution in [-0.2, 0) is 17.6 Å². The van der Waals surface area contributed by atoms with Gasteiger partial charge in [0.25, 0.3) is 0 Å². The molecule has 0 radical (unpaired) electrons. The number of nitrogens with one attached hydrogen (secondary N) is 1. The summed E-state index contributed by atoms with van der Waals surface area (Å²) >= 11 is 1.69. The van der Waals surface area contributed by atoms with Gasteiger partial charge in [0.2, 0.25) is 0 Å². The molecule has 156 valence electrons. The van der Waals surface area contributed by atoms with E-state index in [2.05, 4.69) is 40.8 Å². The Kier molecular flexibility index (Phi) is 7.98. The van der Waals surface area contributed by atoms with Gasteiger partial charge in [-0.05, 0) is 54.8 Å². The Hall–Kier alpha value is -2.02. The summed E-state index contributed by atoms with van der Waals surface area (Å²) in [6.07, 6.45) is 0.370. The highest BCUT2D eigenvalue weighted by atomic mass is 32.2. The number of rotatable bonds is 7. The molecule has 1 aliphatic heterocycles. The van der Waals surface area contributed by atoms with Gasteiger partial charge in [0.1, 0.15) is 0 Å². The molecule has 2 N–H and O–H groups in total. The Morgan fingerprint density at radius 1 is 1.24 bits per heavy atom. The normalized spacial score (nSPS) is 18.9. The van der Waals surface area contributed by atoms with Crippen molar-refractivity contribution in [2.24, 2.45) is 5.92 Å². The Balaban J connectivity index is 1.71. The van der Waals surface area contributed by atoms with Crippen molar-refractivity contribution in [1.82, 2.24) is 9.62 Å². The van der Waals surface area contributed by atoms with Crippen molar-refractivity contribution >= 4 is 18.0 Å². The van der Waals surface area contributed by atoms with Gasteiger partial charge in [0, 0.05) is 18.0 Å². The molecule has 3 rings (SSSR count). The summed E-state index contributed by atoms with van der Waals surface area (Å²) in [5, 5.41) is 13.9. The van der Waals surface area contributed by atoms with E-state index >= 15 is 0 Å². The number of ether oxygens (including phenoxy) is 1. The summed E-state index contributed by atoms with van der Waals surface area (Å²) in [7, 11) is 0. The fraction of sp³-hybridized carbons (Fsp3) is 0.435. The molecule has 0 saturated heterocycles. The maximum absolute atomic E-state index is 12.0. The number of hydrogen-bond acceptors (Lipinski definition) is 5. The van der Waals surface area contributed by atoms with Gasteiger partial charge >= 0.3 is 6.09 Å². The molecular weight excluding hydrogens is 384 g/mol. The molecule has 3 atom stereocenters. The molecule has 0 spiro atoms. The number of fused-ring (bicyclic) bond motifs is 1. The highest BCUT2D eigenvalue weighted by Gasteiger charge is 2.27. The number of amides is 1. The lowest BCUT2D eigenvalue weighted by atomic mass is 10.00. The second-order valence-electron chi connectivity index (χ2n) is 7.58. The van der Waals surface area contributed by atoms with Gasteiger partial charge in [0.05, 0.1) is 18.8 Å². The maximum atomic E-state index is 12.0. The fourth-order valence-electron chi connectivity index (χ4n) is 3.65. The van der Waals surface area contributed by atoms with Crippen LogP contribution in [0.5, 0.6) is 0 Å². The van der Waals surface area contributed by atoms with Crippen molar-refractivity contribution in [3.63, 3.8) is 0 Å². The molecule has 0 aromatic heterocycles. The largest absolute Gasteiger partial charge is 0.450 e. The van der Waals surface area contributed by atoms with Gasteiger partial charge in [0.15, 0.2) is 0 Å². The molecule has 0 bridgehead atoms. The third kappa shape index (κ3) is 6.49. The van der Waals surface area contributed by atoms with Crippen molar-refractivity contribution in [3.8, 4) is 0 Å². The monoisotopic (exact) mass is 414 g/mol. The number of aliphatic hydroxyl groups excluding tert-OH is 1. The topological polar surface area (TPSA) is 61.8 Å². The molecule has 0 aliphatic carbocycles. The Bertz CT molecular complexity index is 787. The Morgan fingerprint density at radius 2 is 1.97 bits per heavy atom. The van der Waals surface area contributed by atoms with Gasteiger partial charge in [-0.1, -0.05) is 55.5 Å². The fourth-order valence-corrected chi connectivity index (χ4v) is 4.89. The van der Waals surface area contributed by atoms with Crippen molar-refractivity contribution in [2.45, 2.75) is 43.7 Å². The lowest BCUT2D eigenvalue weighted by molar-refractivity contribution is 0.0926. The minimum atomic E-state index is -0.718. The number of alkyl carbamates (subject to hydrolysis) is 1. The van der Waals surface area contributed by atoms with E-state index < -0.39 is 18.2 Å². The Labute approximate surface area is 177 Å². The van der Waals surface area contributed by atoms with E-state index in [1.807, 2.05) is 30.3 Å². The third-order valence-electron chi connectivity index (χ3n) is 5.02. The van der Waals surface area contributed by atoms with Crippen LogP contribution >= 0.6 is 11.9 Å². The van der Waals surface area contributed by atoms with Gasteiger partial charge < -0.3 is 15.2 Å². The van der Waals surface area contributed by atoms with Crippen molar-refractivity contribution in [2.75, 3.05) is 19.7 Å². The van der Waals surface area contributed by atoms with E-state index in [1.54, 1.807) is 18.9 Å². The summed E-state index contributed by atoms with van der Waals surface area (Å²) in [4.78, 5) is 13.3. The summed E-state index contributed by atoms with van der Waals surface area (Å²) < 4.78 is 7.27. The van der Waals surface area contributed by atoms with Crippen LogP contribution in [0.25, 0.3) is 0 Å². The smallest absolute Gasteiger partial charge is 0.407 e. The zero-order valence-corrected chi connectivity index (χ0v) is 17.9. The SMILES string of the molecule is CCOC(=O)N[C@@H](Cc1ccccc1)[C@H](O)CN1C[C@H](C)Cc2ccccc2S1. The zero-order valence-electron chi connectivity index (χ0n) is 17.1. The molecule has 0 saturated carbocycles. The molecular formula is C23H30N2O3S. The molecule has 29 heavy (non-hydrogen) atoms. The average molecular weight is 415 g/mol. The van der Waals surface area contributed by atoms with Crippen LogP contribution in [0.15, 0.2) is 59.5 Å². The van der Waals surface area contributed by atoms with Crippen molar-refractivity contribution in [1.29, 1.82) is 0 Å². The van der Waals surface area contributed by atoms with E-state index in [9.17, 15) is 9.90 Å². The van der Waals surface area contributed by atoms with E-state index in [4.69, 9.17) is 4.74 Å². The molecule has 1 aliphatic rings. The van der Waals surface area contributed by atoms with Crippen LogP contribution in [0.3, 0.4) is 0 Å². The predicted molar refractivity (Wildman–Crippen MR) is 117 cm³/mol. The van der Waals surface area contributed by atoms with Gasteiger partial charge in [-0.2, -0.15) is 0 Å². The number of carbonyl (C=O) groups is 1. The first-order chi connectivity index (χ1) is 14.0. The van der Waals surface area contributed by atoms with Crippen LogP contribution in [0.1, 0.15) is 25.0 Å². The van der Waals surface area contributed by atoms with Crippen molar-refractivity contribution in [3.05, 3.63) is 65.7 Å². The molecule has 0 fully saturated rings. The standard InChI is InChI=1S/C23H30N2O3S/c1-3-28-23(27)24-20(14-18-9-5-4-6-10-18)21(26)16-25-15-17(2)13-19-11-7-8-12-22(19)29-25/h4-12,17,20-21,26H,3,13-16H2,1-2H3,(H,24,27)/t17-,20+,21-/m1/s1. The lowest BCUT2D eigenvalue weighted by Crippen LogP contribution is -2.49. The summed E-state index contributed by atoms with van der Waals surface area (Å²) in [6.45, 7) is 5.66. The number of aliphatic hydroxyl groups is 1. The summed E-state index contributed by atoms with van der Waals surface area (Å²) in [5.74, 6) is 0.490. The molecule has 2 aromatic carbocycles. The van der Waals surface area contributed by atoms with Gasteiger partial charge in [-0.3, -0.25) is 0 Å². The summed E-state index contributed by atoms with van der Waals surface area (Å²) in [6, 6.07) is 17.9. The number of carbonyl (C=O) groups excluding carboxylic acids is 1. The van der Waals surface area contributed by atoms with Crippen molar-refractivity contribution < 1.29 is 14.6 Å². The van der Waals surface area contributed by atoms with Gasteiger partial charge in [-0.25, -0.2) is 9.10 Å². The lowest BCUT2D eigenvalue weighted by Gasteiger charge is -2.29. The zero-order chi connectivity index (χ0) is 20.6. The average Bonchev–Trinajstić information content (AvgIpc) is 2.85. The van der Waals surface area contributed by atoms with E-state index in [0.717, 1.165) is 18.5 Å². The quantitative estimate of drug-likeness (QED) is 0.673. The number of benzene rings is 2. The second kappa shape index (κ2) is 10.7. The predicted octanol–water partition coefficient (Wildman–Crippen LogP) is 3.91. The molecule has 1 heterocycles. The first-order valence-corrected chi connectivity index (χ1v) is 11.0. The highest BCUT2D eigenvalue weighted by molar-refractivity contribution is 7.97. The summed E-state index contributed by atoms with van der Waals surface area (Å²) in [5.41, 5.74) is 2.42. The van der Waals surface area contributed by atoms with E-state index in [-0.39, 0.29) is 0 Å². The second-order valence-corrected chi connectivity index (χ2v) is 8.72. The van der Waals surface area contributed by atoms with Gasteiger partial charge in [-0.15, -0.1) is 0 Å². The molecule has 1 amide bonds. The molecule has 2 aromatic rings. The number of hydrogen-bond donors (Lipinski definition) is 2. The van der Waals surface area contributed by atoms with Crippen LogP contribution in [0, 0.1) is 5.92 Å².